The van der Waals surface area contributed by atoms with E-state index in [9.17, 15) is 4.79 Å². The number of benzene rings is 2. The molecule has 1 heterocycles. The first kappa shape index (κ1) is 16.2. The Balaban J connectivity index is 2.08. The summed E-state index contributed by atoms with van der Waals surface area (Å²) in [5, 5.41) is 4.23. The maximum absolute atomic E-state index is 11.5. The lowest BCUT2D eigenvalue weighted by Crippen LogP contribution is -2.13. The Labute approximate surface area is 147 Å². The van der Waals surface area contributed by atoms with E-state index in [1.165, 1.54) is 0 Å². The minimum atomic E-state index is -0.668. The molecule has 0 aliphatic carbocycles. The van der Waals surface area contributed by atoms with Gasteiger partial charge in [-0.05, 0) is 43.3 Å². The second-order valence-electron chi connectivity index (χ2n) is 4.97. The van der Waals surface area contributed by atoms with Crippen LogP contribution in [0.1, 0.15) is 17.5 Å². The van der Waals surface area contributed by atoms with Gasteiger partial charge >= 0.3 is 0 Å². The maximum atomic E-state index is 11.5. The molecule has 1 aromatic heterocycles. The molecule has 2 aromatic carbocycles. The highest BCUT2D eigenvalue weighted by molar-refractivity contribution is 9.10. The molecule has 2 N–H and O–H groups in total. The summed E-state index contributed by atoms with van der Waals surface area (Å²) in [4.78, 5) is 15.8. The summed E-state index contributed by atoms with van der Waals surface area (Å²) in [7, 11) is 0. The SMILES string of the molecule is CCOc1ccc(-n2nc(C(N)=O)nc2-c2ccc(Br)cc2)cc1. The average molecular weight is 387 g/mol. The lowest BCUT2D eigenvalue weighted by atomic mass is 10.2. The number of halogens is 1. The molecule has 3 aromatic rings. The Kier molecular flexibility index (Phi) is 4.61. The third kappa shape index (κ3) is 3.30. The lowest BCUT2D eigenvalue weighted by molar-refractivity contribution is 0.0990. The van der Waals surface area contributed by atoms with E-state index in [2.05, 4.69) is 26.0 Å². The van der Waals surface area contributed by atoms with Crippen molar-refractivity contribution in [1.29, 1.82) is 0 Å². The van der Waals surface area contributed by atoms with Crippen molar-refractivity contribution in [2.45, 2.75) is 6.92 Å². The largest absolute Gasteiger partial charge is 0.494 e. The molecule has 0 atom stereocenters. The lowest BCUT2D eigenvalue weighted by Gasteiger charge is -2.08. The van der Waals surface area contributed by atoms with Crippen molar-refractivity contribution in [3.63, 3.8) is 0 Å². The molecule has 0 aliphatic heterocycles. The topological polar surface area (TPSA) is 83.0 Å². The average Bonchev–Trinajstić information content (AvgIpc) is 3.02. The van der Waals surface area contributed by atoms with Crippen molar-refractivity contribution in [3.8, 4) is 22.8 Å². The van der Waals surface area contributed by atoms with Crippen molar-refractivity contribution >= 4 is 21.8 Å². The van der Waals surface area contributed by atoms with Crippen LogP contribution >= 0.6 is 15.9 Å². The maximum Gasteiger partial charge on any atom is 0.288 e. The molecule has 0 aliphatic rings. The summed E-state index contributed by atoms with van der Waals surface area (Å²) < 4.78 is 7.99. The predicted octanol–water partition coefficient (Wildman–Crippen LogP) is 3.19. The van der Waals surface area contributed by atoms with Crippen molar-refractivity contribution in [3.05, 3.63) is 58.8 Å². The molecule has 0 fully saturated rings. The van der Waals surface area contributed by atoms with E-state index in [0.29, 0.717) is 12.4 Å². The van der Waals surface area contributed by atoms with Crippen LogP contribution in [0.3, 0.4) is 0 Å². The Morgan fingerprint density at radius 1 is 1.17 bits per heavy atom. The molecular weight excluding hydrogens is 372 g/mol. The predicted molar refractivity (Wildman–Crippen MR) is 94.2 cm³/mol. The molecule has 0 spiro atoms. The number of hydrogen-bond acceptors (Lipinski definition) is 4. The molecule has 1 amide bonds. The molecule has 6 nitrogen and oxygen atoms in total. The fraction of sp³-hybridized carbons (Fsp3) is 0.118. The van der Waals surface area contributed by atoms with Gasteiger partial charge in [-0.1, -0.05) is 28.1 Å². The van der Waals surface area contributed by atoms with E-state index in [-0.39, 0.29) is 5.82 Å². The van der Waals surface area contributed by atoms with E-state index >= 15 is 0 Å². The van der Waals surface area contributed by atoms with Gasteiger partial charge in [-0.15, -0.1) is 5.10 Å². The first-order valence-electron chi connectivity index (χ1n) is 7.34. The Bertz CT molecular complexity index is 857. The number of rotatable bonds is 5. The van der Waals surface area contributed by atoms with Crippen molar-refractivity contribution in [2.24, 2.45) is 5.73 Å². The number of nitrogens with two attached hydrogens (primary N) is 1. The van der Waals surface area contributed by atoms with Gasteiger partial charge < -0.3 is 10.5 Å². The molecule has 0 saturated carbocycles. The zero-order valence-corrected chi connectivity index (χ0v) is 14.5. The van der Waals surface area contributed by atoms with Gasteiger partial charge in [-0.3, -0.25) is 4.79 Å². The van der Waals surface area contributed by atoms with Gasteiger partial charge in [0.25, 0.3) is 5.91 Å². The molecule has 0 unspecified atom stereocenters. The molecule has 0 saturated heterocycles. The zero-order valence-electron chi connectivity index (χ0n) is 12.9. The van der Waals surface area contributed by atoms with Gasteiger partial charge in [-0.2, -0.15) is 0 Å². The Morgan fingerprint density at radius 3 is 2.42 bits per heavy atom. The van der Waals surface area contributed by atoms with Gasteiger partial charge in [0.15, 0.2) is 5.82 Å². The minimum absolute atomic E-state index is 0.0261. The smallest absolute Gasteiger partial charge is 0.288 e. The van der Waals surface area contributed by atoms with Crippen LogP contribution in [-0.4, -0.2) is 27.3 Å². The number of carbonyl (C=O) groups excluding carboxylic acids is 1. The third-order valence-electron chi connectivity index (χ3n) is 3.32. The van der Waals surface area contributed by atoms with Gasteiger partial charge in [0.05, 0.1) is 12.3 Å². The first-order valence-corrected chi connectivity index (χ1v) is 8.14. The van der Waals surface area contributed by atoms with Gasteiger partial charge in [-0.25, -0.2) is 9.67 Å². The minimum Gasteiger partial charge on any atom is -0.494 e. The number of ether oxygens (including phenoxy) is 1. The van der Waals surface area contributed by atoms with Crippen LogP contribution in [-0.2, 0) is 0 Å². The van der Waals surface area contributed by atoms with Crippen molar-refractivity contribution < 1.29 is 9.53 Å². The number of aromatic nitrogens is 3. The fourth-order valence-electron chi connectivity index (χ4n) is 2.23. The normalized spacial score (nSPS) is 10.6. The number of amides is 1. The van der Waals surface area contributed by atoms with Crippen LogP contribution < -0.4 is 10.5 Å². The third-order valence-corrected chi connectivity index (χ3v) is 3.85. The summed E-state index contributed by atoms with van der Waals surface area (Å²) in [6.07, 6.45) is 0. The molecule has 7 heteroatoms. The van der Waals surface area contributed by atoms with Crippen molar-refractivity contribution in [2.75, 3.05) is 6.61 Å². The van der Waals surface area contributed by atoms with Crippen LogP contribution in [0.15, 0.2) is 53.0 Å². The second-order valence-corrected chi connectivity index (χ2v) is 5.88. The monoisotopic (exact) mass is 386 g/mol. The van der Waals surface area contributed by atoms with Crippen LogP contribution in [0.2, 0.25) is 0 Å². The molecule has 0 radical (unpaired) electrons. The highest BCUT2D eigenvalue weighted by atomic mass is 79.9. The summed E-state index contributed by atoms with van der Waals surface area (Å²) >= 11 is 3.40. The van der Waals surface area contributed by atoms with Crippen LogP contribution in [0.25, 0.3) is 17.1 Å². The van der Waals surface area contributed by atoms with Gasteiger partial charge in [0, 0.05) is 10.0 Å². The summed E-state index contributed by atoms with van der Waals surface area (Å²) in [5.74, 6) is 0.613. The van der Waals surface area contributed by atoms with Crippen LogP contribution in [0, 0.1) is 0 Å². The zero-order chi connectivity index (χ0) is 17.1. The standard InChI is InChI=1S/C17H15BrN4O2/c1-2-24-14-9-7-13(8-10-14)22-17(20-16(21-22)15(19)23)11-3-5-12(18)6-4-11/h3-10H,2H2,1H3,(H2,19,23). The molecule has 122 valence electrons. The van der Waals surface area contributed by atoms with E-state index in [1.54, 1.807) is 4.68 Å². The van der Waals surface area contributed by atoms with Crippen molar-refractivity contribution in [1.82, 2.24) is 14.8 Å². The number of nitrogens with zero attached hydrogens (tertiary/aromatic N) is 3. The van der Waals surface area contributed by atoms with E-state index in [4.69, 9.17) is 10.5 Å². The molecule has 0 bridgehead atoms. The van der Waals surface area contributed by atoms with E-state index in [1.807, 2.05) is 55.5 Å². The molecular formula is C17H15BrN4O2. The number of hydrogen-bond donors (Lipinski definition) is 1. The first-order chi connectivity index (χ1) is 11.6. The summed E-state index contributed by atoms with van der Waals surface area (Å²) in [6, 6.07) is 15.0. The fourth-order valence-corrected chi connectivity index (χ4v) is 2.50. The summed E-state index contributed by atoms with van der Waals surface area (Å²) in [5.41, 5.74) is 6.92. The van der Waals surface area contributed by atoms with Crippen LogP contribution in [0.5, 0.6) is 5.75 Å². The van der Waals surface area contributed by atoms with E-state index < -0.39 is 5.91 Å². The number of carbonyl (C=O) groups is 1. The van der Waals surface area contributed by atoms with Gasteiger partial charge in [0.1, 0.15) is 5.75 Å². The highest BCUT2D eigenvalue weighted by Gasteiger charge is 2.16. The van der Waals surface area contributed by atoms with Crippen LogP contribution in [0.4, 0.5) is 0 Å². The van der Waals surface area contributed by atoms with Gasteiger partial charge in [0.2, 0.25) is 5.82 Å². The Morgan fingerprint density at radius 2 is 1.83 bits per heavy atom. The Hall–Kier alpha value is -2.67. The number of primary amides is 1. The molecule has 24 heavy (non-hydrogen) atoms. The summed E-state index contributed by atoms with van der Waals surface area (Å²) in [6.45, 7) is 2.52. The second kappa shape index (κ2) is 6.84. The molecule has 3 rings (SSSR count). The highest BCUT2D eigenvalue weighted by Crippen LogP contribution is 2.24. The van der Waals surface area contributed by atoms with E-state index in [0.717, 1.165) is 21.5 Å². The quantitative estimate of drug-likeness (QED) is 0.729.